The molecule has 1 aromatic rings. The minimum atomic E-state index is 0.620. The molecule has 0 spiro atoms. The summed E-state index contributed by atoms with van der Waals surface area (Å²) in [7, 11) is 3.26. The van der Waals surface area contributed by atoms with Gasteiger partial charge >= 0.3 is 0 Å². The molecule has 0 aliphatic rings. The number of ether oxygens (including phenoxy) is 3. The summed E-state index contributed by atoms with van der Waals surface area (Å²) in [6, 6.07) is 5.55. The Morgan fingerprint density at radius 3 is 2.00 bits per heavy atom. The summed E-state index contributed by atoms with van der Waals surface area (Å²) in [5, 5.41) is 3.38. The van der Waals surface area contributed by atoms with Crippen molar-refractivity contribution in [2.24, 2.45) is 0 Å². The monoisotopic (exact) mass is 296 g/mol. The van der Waals surface area contributed by atoms with Crippen molar-refractivity contribution < 1.29 is 14.2 Å². The molecular formula is C16H28N2O3. The van der Waals surface area contributed by atoms with Gasteiger partial charge in [0.25, 0.3) is 0 Å². The predicted octanol–water partition coefficient (Wildman–Crippen LogP) is 2.01. The molecule has 0 radical (unpaired) electrons. The highest BCUT2D eigenvalue weighted by Crippen LogP contribution is 2.27. The molecule has 1 aromatic carbocycles. The fourth-order valence-electron chi connectivity index (χ4n) is 2.01. The molecule has 0 aromatic heterocycles. The zero-order chi connectivity index (χ0) is 15.5. The fraction of sp³-hybridized carbons (Fsp3) is 0.625. The van der Waals surface area contributed by atoms with Gasteiger partial charge < -0.3 is 24.4 Å². The van der Waals surface area contributed by atoms with Crippen LogP contribution in [0.25, 0.3) is 0 Å². The Hall–Kier alpha value is -1.46. The molecule has 0 atom stereocenters. The molecule has 0 bridgehead atoms. The maximum Gasteiger partial charge on any atom is 0.126 e. The molecule has 1 N–H and O–H groups in total. The number of nitrogens with one attached hydrogen (secondary N) is 1. The van der Waals surface area contributed by atoms with E-state index in [1.165, 1.54) is 0 Å². The first kappa shape index (κ1) is 17.6. The third-order valence-electron chi connectivity index (χ3n) is 3.37. The topological polar surface area (TPSA) is 43.0 Å². The van der Waals surface area contributed by atoms with E-state index in [0.29, 0.717) is 6.61 Å². The van der Waals surface area contributed by atoms with E-state index in [-0.39, 0.29) is 0 Å². The summed E-state index contributed by atoms with van der Waals surface area (Å²) in [4.78, 5) is 2.39. The van der Waals surface area contributed by atoms with Crippen LogP contribution < -0.4 is 19.5 Å². The largest absolute Gasteiger partial charge is 0.496 e. The van der Waals surface area contributed by atoms with Gasteiger partial charge in [0.05, 0.1) is 14.2 Å². The lowest BCUT2D eigenvalue weighted by molar-refractivity contribution is 0.284. The molecule has 0 saturated carbocycles. The summed E-state index contributed by atoms with van der Waals surface area (Å²) >= 11 is 0. The Balaban J connectivity index is 2.26. The summed E-state index contributed by atoms with van der Waals surface area (Å²) < 4.78 is 16.1. The first-order valence-corrected chi connectivity index (χ1v) is 7.52. The Bertz CT molecular complexity index is 373. The summed E-state index contributed by atoms with van der Waals surface area (Å²) in [6.45, 7) is 10.0. The Kier molecular flexibility index (Phi) is 8.62. The van der Waals surface area contributed by atoms with Gasteiger partial charge in [-0.3, -0.25) is 0 Å². The van der Waals surface area contributed by atoms with Crippen LogP contribution in [0.5, 0.6) is 17.2 Å². The zero-order valence-corrected chi connectivity index (χ0v) is 13.6. The van der Waals surface area contributed by atoms with Gasteiger partial charge in [0.15, 0.2) is 0 Å². The Labute approximate surface area is 128 Å². The van der Waals surface area contributed by atoms with Crippen LogP contribution in [0.15, 0.2) is 18.2 Å². The normalized spacial score (nSPS) is 10.7. The van der Waals surface area contributed by atoms with E-state index in [2.05, 4.69) is 24.1 Å². The smallest absolute Gasteiger partial charge is 0.126 e. The predicted molar refractivity (Wildman–Crippen MR) is 85.7 cm³/mol. The van der Waals surface area contributed by atoms with Crippen LogP contribution in [0, 0.1) is 0 Å². The van der Waals surface area contributed by atoms with Gasteiger partial charge in [0.2, 0.25) is 0 Å². The van der Waals surface area contributed by atoms with Crippen LogP contribution in [-0.4, -0.2) is 58.5 Å². The van der Waals surface area contributed by atoms with Crippen LogP contribution in [0.1, 0.15) is 13.8 Å². The highest BCUT2D eigenvalue weighted by Gasteiger charge is 2.03. The van der Waals surface area contributed by atoms with Crippen molar-refractivity contribution in [2.45, 2.75) is 13.8 Å². The van der Waals surface area contributed by atoms with E-state index < -0.39 is 0 Å². The van der Waals surface area contributed by atoms with Crippen molar-refractivity contribution in [2.75, 3.05) is 53.6 Å². The molecule has 0 fully saturated rings. The molecule has 0 heterocycles. The van der Waals surface area contributed by atoms with E-state index in [4.69, 9.17) is 14.2 Å². The average molecular weight is 296 g/mol. The summed E-state index contributed by atoms with van der Waals surface area (Å²) in [5.41, 5.74) is 0. The molecule has 5 nitrogen and oxygen atoms in total. The number of benzene rings is 1. The second kappa shape index (κ2) is 10.3. The van der Waals surface area contributed by atoms with Crippen molar-refractivity contribution in [3.63, 3.8) is 0 Å². The highest BCUT2D eigenvalue weighted by atomic mass is 16.5. The third kappa shape index (κ3) is 6.69. The standard InChI is InChI=1S/C16H28N2O3/c1-5-18(6-2)9-7-17-8-10-21-16-12-14(19-3)11-15(13-16)20-4/h11-13,17H,5-10H2,1-4H3. The van der Waals surface area contributed by atoms with Crippen LogP contribution >= 0.6 is 0 Å². The van der Waals surface area contributed by atoms with Crippen LogP contribution in [0.2, 0.25) is 0 Å². The van der Waals surface area contributed by atoms with Crippen molar-refractivity contribution >= 4 is 0 Å². The lowest BCUT2D eigenvalue weighted by Crippen LogP contribution is -2.33. The van der Waals surface area contributed by atoms with Gasteiger partial charge in [0, 0.05) is 37.8 Å². The van der Waals surface area contributed by atoms with Gasteiger partial charge in [0.1, 0.15) is 23.9 Å². The quantitative estimate of drug-likeness (QED) is 0.633. The summed E-state index contributed by atoms with van der Waals surface area (Å²) in [5.74, 6) is 2.23. The van der Waals surface area contributed by atoms with Crippen LogP contribution in [0.4, 0.5) is 0 Å². The van der Waals surface area contributed by atoms with Gasteiger partial charge in [-0.2, -0.15) is 0 Å². The number of nitrogens with zero attached hydrogens (tertiary/aromatic N) is 1. The van der Waals surface area contributed by atoms with Gasteiger partial charge in [-0.05, 0) is 13.1 Å². The van der Waals surface area contributed by atoms with Gasteiger partial charge in [-0.1, -0.05) is 13.8 Å². The summed E-state index contributed by atoms with van der Waals surface area (Å²) in [6.07, 6.45) is 0. The molecule has 120 valence electrons. The number of methoxy groups -OCH3 is 2. The molecule has 1 rings (SSSR count). The maximum absolute atomic E-state index is 5.71. The molecule has 0 aliphatic carbocycles. The number of hydrogen-bond donors (Lipinski definition) is 1. The van der Waals surface area contributed by atoms with E-state index in [1.54, 1.807) is 14.2 Å². The molecule has 0 unspecified atom stereocenters. The molecule has 5 heteroatoms. The lowest BCUT2D eigenvalue weighted by atomic mass is 10.3. The lowest BCUT2D eigenvalue weighted by Gasteiger charge is -2.18. The van der Waals surface area contributed by atoms with Crippen molar-refractivity contribution in [3.05, 3.63) is 18.2 Å². The number of likely N-dealkylation sites (N-methyl/N-ethyl adjacent to an activating group) is 1. The average Bonchev–Trinajstić information content (AvgIpc) is 2.53. The highest BCUT2D eigenvalue weighted by molar-refractivity contribution is 5.41. The van der Waals surface area contributed by atoms with Crippen LogP contribution in [0.3, 0.4) is 0 Å². The first-order valence-electron chi connectivity index (χ1n) is 7.52. The molecule has 21 heavy (non-hydrogen) atoms. The van der Waals surface area contributed by atoms with Crippen LogP contribution in [-0.2, 0) is 0 Å². The molecule has 0 saturated heterocycles. The van der Waals surface area contributed by atoms with Crippen molar-refractivity contribution in [1.29, 1.82) is 0 Å². The second-order valence-electron chi connectivity index (χ2n) is 4.67. The van der Waals surface area contributed by atoms with E-state index >= 15 is 0 Å². The van der Waals surface area contributed by atoms with Crippen molar-refractivity contribution in [1.82, 2.24) is 10.2 Å². The minimum Gasteiger partial charge on any atom is -0.496 e. The van der Waals surface area contributed by atoms with E-state index in [9.17, 15) is 0 Å². The number of hydrogen-bond acceptors (Lipinski definition) is 5. The molecular weight excluding hydrogens is 268 g/mol. The van der Waals surface area contributed by atoms with Gasteiger partial charge in [-0.15, -0.1) is 0 Å². The third-order valence-corrected chi connectivity index (χ3v) is 3.37. The molecule has 0 amide bonds. The van der Waals surface area contributed by atoms with Crippen molar-refractivity contribution in [3.8, 4) is 17.2 Å². The van der Waals surface area contributed by atoms with Gasteiger partial charge in [-0.25, -0.2) is 0 Å². The van der Waals surface area contributed by atoms with E-state index in [0.717, 1.165) is 50.0 Å². The van der Waals surface area contributed by atoms with E-state index in [1.807, 2.05) is 18.2 Å². The SMILES string of the molecule is CCN(CC)CCNCCOc1cc(OC)cc(OC)c1. The zero-order valence-electron chi connectivity index (χ0n) is 13.6. The second-order valence-corrected chi connectivity index (χ2v) is 4.67. The number of rotatable bonds is 11. The molecule has 0 aliphatic heterocycles. The maximum atomic E-state index is 5.71. The Morgan fingerprint density at radius 1 is 0.905 bits per heavy atom. The minimum absolute atomic E-state index is 0.620. The first-order chi connectivity index (χ1) is 10.2. The fourth-order valence-corrected chi connectivity index (χ4v) is 2.01. The Morgan fingerprint density at radius 2 is 1.48 bits per heavy atom.